The standard InChI is InChI=1S/C10H13BrClNO2/c1-6(11)10(2,3)13-9(14)7-4-5-8(12)15-7/h4-6H,1-3H3,(H,13,14). The van der Waals surface area contributed by atoms with Crippen molar-refractivity contribution in [3.63, 3.8) is 0 Å². The van der Waals surface area contributed by atoms with Crippen LogP contribution in [0.4, 0.5) is 0 Å². The number of carbonyl (C=O) groups is 1. The van der Waals surface area contributed by atoms with Gasteiger partial charge in [0.25, 0.3) is 5.91 Å². The number of hydrogen-bond acceptors (Lipinski definition) is 2. The molecule has 1 amide bonds. The van der Waals surface area contributed by atoms with Crippen LogP contribution in [0.3, 0.4) is 0 Å². The van der Waals surface area contributed by atoms with E-state index >= 15 is 0 Å². The van der Waals surface area contributed by atoms with Crippen molar-refractivity contribution in [3.05, 3.63) is 23.1 Å². The first-order chi connectivity index (χ1) is 6.83. The van der Waals surface area contributed by atoms with Crippen molar-refractivity contribution in [1.82, 2.24) is 5.32 Å². The van der Waals surface area contributed by atoms with Crippen molar-refractivity contribution in [3.8, 4) is 0 Å². The zero-order valence-corrected chi connectivity index (χ0v) is 11.1. The van der Waals surface area contributed by atoms with E-state index in [1.807, 2.05) is 20.8 Å². The van der Waals surface area contributed by atoms with E-state index < -0.39 is 0 Å². The Balaban J connectivity index is 2.72. The molecule has 0 bridgehead atoms. The van der Waals surface area contributed by atoms with E-state index in [2.05, 4.69) is 21.2 Å². The van der Waals surface area contributed by atoms with E-state index in [1.54, 1.807) is 12.1 Å². The van der Waals surface area contributed by atoms with Gasteiger partial charge < -0.3 is 9.73 Å². The first-order valence-corrected chi connectivity index (χ1v) is 5.84. The van der Waals surface area contributed by atoms with E-state index in [0.29, 0.717) is 0 Å². The first-order valence-electron chi connectivity index (χ1n) is 4.55. The van der Waals surface area contributed by atoms with Gasteiger partial charge in [-0.3, -0.25) is 4.79 Å². The summed E-state index contributed by atoms with van der Waals surface area (Å²) < 4.78 is 5.01. The van der Waals surface area contributed by atoms with Crippen LogP contribution >= 0.6 is 27.5 Å². The number of rotatable bonds is 3. The quantitative estimate of drug-likeness (QED) is 0.870. The molecular formula is C10H13BrClNO2. The fraction of sp³-hybridized carbons (Fsp3) is 0.500. The fourth-order valence-corrected chi connectivity index (χ4v) is 1.15. The third-order valence-electron chi connectivity index (χ3n) is 2.23. The molecule has 0 saturated carbocycles. The lowest BCUT2D eigenvalue weighted by Crippen LogP contribution is -2.48. The summed E-state index contributed by atoms with van der Waals surface area (Å²) in [6.45, 7) is 5.82. The fourth-order valence-electron chi connectivity index (χ4n) is 0.890. The summed E-state index contributed by atoms with van der Waals surface area (Å²) in [7, 11) is 0. The highest BCUT2D eigenvalue weighted by atomic mass is 79.9. The molecule has 1 unspecified atom stereocenters. The smallest absolute Gasteiger partial charge is 0.287 e. The van der Waals surface area contributed by atoms with E-state index in [9.17, 15) is 4.79 Å². The summed E-state index contributed by atoms with van der Waals surface area (Å²) in [6, 6.07) is 3.09. The van der Waals surface area contributed by atoms with Crippen LogP contribution in [0.2, 0.25) is 5.22 Å². The van der Waals surface area contributed by atoms with Crippen molar-refractivity contribution in [2.45, 2.75) is 31.1 Å². The Morgan fingerprint density at radius 1 is 1.60 bits per heavy atom. The number of amides is 1. The summed E-state index contributed by atoms with van der Waals surface area (Å²) in [5, 5.41) is 3.06. The van der Waals surface area contributed by atoms with Crippen molar-refractivity contribution in [2.75, 3.05) is 0 Å². The van der Waals surface area contributed by atoms with Crippen LogP contribution in [0.1, 0.15) is 31.3 Å². The number of alkyl halides is 1. The van der Waals surface area contributed by atoms with Gasteiger partial charge in [0.1, 0.15) is 0 Å². The Labute approximate surface area is 102 Å². The topological polar surface area (TPSA) is 42.2 Å². The second kappa shape index (κ2) is 4.58. The maximum atomic E-state index is 11.7. The van der Waals surface area contributed by atoms with Crippen molar-refractivity contribution >= 4 is 33.4 Å². The average molecular weight is 295 g/mol. The minimum Gasteiger partial charge on any atom is -0.440 e. The molecule has 1 N–H and O–H groups in total. The minimum absolute atomic E-state index is 0.152. The molecule has 3 nitrogen and oxygen atoms in total. The summed E-state index contributed by atoms with van der Waals surface area (Å²) in [6.07, 6.45) is 0. The zero-order valence-electron chi connectivity index (χ0n) is 8.80. The van der Waals surface area contributed by atoms with Crippen LogP contribution in [-0.4, -0.2) is 16.3 Å². The molecule has 1 aromatic rings. The molecule has 5 heteroatoms. The Morgan fingerprint density at radius 3 is 2.60 bits per heavy atom. The molecule has 0 aliphatic rings. The third-order valence-corrected chi connectivity index (χ3v) is 3.57. The lowest BCUT2D eigenvalue weighted by molar-refractivity contribution is 0.0885. The number of carbonyl (C=O) groups excluding carboxylic acids is 1. The van der Waals surface area contributed by atoms with E-state index in [1.165, 1.54) is 0 Å². The summed E-state index contributed by atoms with van der Waals surface area (Å²) >= 11 is 9.01. The first kappa shape index (κ1) is 12.6. The SMILES string of the molecule is CC(Br)C(C)(C)NC(=O)c1ccc(Cl)o1. The Kier molecular flexibility index (Phi) is 3.84. The maximum absolute atomic E-state index is 11.7. The largest absolute Gasteiger partial charge is 0.440 e. The Hall–Kier alpha value is -0.480. The van der Waals surface area contributed by atoms with Gasteiger partial charge in [-0.15, -0.1) is 0 Å². The average Bonchev–Trinajstić information content (AvgIpc) is 2.50. The molecule has 0 radical (unpaired) electrons. The monoisotopic (exact) mass is 293 g/mol. The lowest BCUT2D eigenvalue weighted by Gasteiger charge is -2.28. The van der Waals surface area contributed by atoms with Gasteiger partial charge in [-0.2, -0.15) is 0 Å². The van der Waals surface area contributed by atoms with Crippen molar-refractivity contribution in [2.24, 2.45) is 0 Å². The highest BCUT2D eigenvalue weighted by Gasteiger charge is 2.27. The number of halogens is 2. The normalized spacial score (nSPS) is 13.7. The van der Waals surface area contributed by atoms with E-state index in [-0.39, 0.29) is 27.3 Å². The van der Waals surface area contributed by atoms with Crippen LogP contribution < -0.4 is 5.32 Å². The molecule has 15 heavy (non-hydrogen) atoms. The second-order valence-electron chi connectivity index (χ2n) is 3.90. The molecule has 0 spiro atoms. The number of hydrogen-bond donors (Lipinski definition) is 1. The van der Waals surface area contributed by atoms with Gasteiger partial charge in [0.15, 0.2) is 11.0 Å². The Morgan fingerprint density at radius 2 is 2.20 bits per heavy atom. The maximum Gasteiger partial charge on any atom is 0.287 e. The molecule has 1 aromatic heterocycles. The molecule has 0 aliphatic heterocycles. The molecular weight excluding hydrogens is 281 g/mol. The molecule has 0 saturated heterocycles. The number of nitrogens with one attached hydrogen (secondary N) is 1. The van der Waals surface area contributed by atoms with Gasteiger partial charge in [0.05, 0.1) is 0 Å². The van der Waals surface area contributed by atoms with Gasteiger partial charge in [-0.1, -0.05) is 22.9 Å². The van der Waals surface area contributed by atoms with Crippen LogP contribution in [-0.2, 0) is 0 Å². The molecule has 84 valence electrons. The highest BCUT2D eigenvalue weighted by Crippen LogP contribution is 2.19. The minimum atomic E-state index is -0.351. The zero-order chi connectivity index (χ0) is 11.6. The summed E-state index contributed by atoms with van der Waals surface area (Å²) in [5.74, 6) is -0.0422. The summed E-state index contributed by atoms with van der Waals surface area (Å²) in [4.78, 5) is 11.8. The van der Waals surface area contributed by atoms with Gasteiger partial charge in [-0.05, 0) is 37.6 Å². The second-order valence-corrected chi connectivity index (χ2v) is 5.64. The van der Waals surface area contributed by atoms with E-state index in [0.717, 1.165) is 0 Å². The number of furan rings is 1. The van der Waals surface area contributed by atoms with Crippen LogP contribution in [0.5, 0.6) is 0 Å². The highest BCUT2D eigenvalue weighted by molar-refractivity contribution is 9.09. The van der Waals surface area contributed by atoms with Crippen molar-refractivity contribution < 1.29 is 9.21 Å². The van der Waals surface area contributed by atoms with Crippen LogP contribution in [0, 0.1) is 0 Å². The van der Waals surface area contributed by atoms with Crippen LogP contribution in [0.25, 0.3) is 0 Å². The predicted molar refractivity (Wildman–Crippen MR) is 63.7 cm³/mol. The lowest BCUT2D eigenvalue weighted by atomic mass is 10.0. The van der Waals surface area contributed by atoms with Crippen LogP contribution in [0.15, 0.2) is 16.5 Å². The molecule has 0 aliphatic carbocycles. The third kappa shape index (κ3) is 3.24. The predicted octanol–water partition coefficient (Wildman–Crippen LogP) is 3.22. The molecule has 1 rings (SSSR count). The van der Waals surface area contributed by atoms with Gasteiger partial charge in [-0.25, -0.2) is 0 Å². The van der Waals surface area contributed by atoms with Gasteiger partial charge in [0, 0.05) is 10.4 Å². The van der Waals surface area contributed by atoms with Gasteiger partial charge >= 0.3 is 0 Å². The Bertz CT molecular complexity index is 360. The van der Waals surface area contributed by atoms with Gasteiger partial charge in [0.2, 0.25) is 0 Å². The van der Waals surface area contributed by atoms with Crippen molar-refractivity contribution in [1.29, 1.82) is 0 Å². The molecule has 1 atom stereocenters. The summed E-state index contributed by atoms with van der Waals surface area (Å²) in [5.41, 5.74) is -0.351. The molecule has 0 aromatic carbocycles. The molecule has 0 fully saturated rings. The molecule has 1 heterocycles. The van der Waals surface area contributed by atoms with E-state index in [4.69, 9.17) is 16.0 Å².